The summed E-state index contributed by atoms with van der Waals surface area (Å²) >= 11 is 0. The number of pyridine rings is 1. The molecule has 4 heteroatoms. The molecule has 2 heterocycles. The molecule has 160 valence electrons. The first-order valence-electron chi connectivity index (χ1n) is 10.9. The topological polar surface area (TPSA) is 47.8 Å². The molecule has 0 unspecified atom stereocenters. The van der Waals surface area contributed by atoms with Crippen molar-refractivity contribution in [3.8, 4) is 0 Å². The van der Waals surface area contributed by atoms with Crippen LogP contribution in [0, 0.1) is 6.92 Å². The van der Waals surface area contributed by atoms with Crippen LogP contribution in [0.2, 0.25) is 0 Å². The number of aromatic nitrogens is 3. The molecule has 33 heavy (non-hydrogen) atoms. The Bertz CT molecular complexity index is 1280. The second kappa shape index (κ2) is 8.67. The molecule has 0 amide bonds. The van der Waals surface area contributed by atoms with Crippen LogP contribution in [-0.2, 0) is 5.54 Å². The van der Waals surface area contributed by atoms with Crippen LogP contribution in [0.1, 0.15) is 38.4 Å². The van der Waals surface area contributed by atoms with Gasteiger partial charge < -0.3 is 4.57 Å². The van der Waals surface area contributed by atoms with Gasteiger partial charge in [-0.05, 0) is 35.7 Å². The van der Waals surface area contributed by atoms with Crippen LogP contribution < -0.4 is 0 Å². The van der Waals surface area contributed by atoms with Crippen LogP contribution in [0.3, 0.4) is 0 Å². The molecule has 0 fully saturated rings. The van der Waals surface area contributed by atoms with Crippen LogP contribution in [-0.4, -0.2) is 20.3 Å². The number of carbonyl (C=O) groups excluding carboxylic acids is 1. The first kappa shape index (κ1) is 20.6. The van der Waals surface area contributed by atoms with Crippen LogP contribution >= 0.6 is 0 Å². The van der Waals surface area contributed by atoms with Gasteiger partial charge in [-0.25, -0.2) is 4.98 Å². The maximum absolute atomic E-state index is 13.3. The predicted octanol–water partition coefficient (Wildman–Crippen LogP) is 5.66. The molecule has 0 aliphatic rings. The number of rotatable bonds is 6. The van der Waals surface area contributed by atoms with Gasteiger partial charge in [-0.2, -0.15) is 0 Å². The summed E-state index contributed by atoms with van der Waals surface area (Å²) in [6.07, 6.45) is 5.30. The van der Waals surface area contributed by atoms with E-state index in [1.54, 1.807) is 24.7 Å². The van der Waals surface area contributed by atoms with E-state index >= 15 is 0 Å². The van der Waals surface area contributed by atoms with Gasteiger partial charge in [0, 0.05) is 23.7 Å². The second-order valence-electron chi connectivity index (χ2n) is 7.94. The van der Waals surface area contributed by atoms with E-state index in [2.05, 4.69) is 46.4 Å². The number of benzene rings is 3. The summed E-state index contributed by atoms with van der Waals surface area (Å²) in [6, 6.07) is 34.6. The van der Waals surface area contributed by atoms with Crippen molar-refractivity contribution in [1.82, 2.24) is 14.5 Å². The summed E-state index contributed by atoms with van der Waals surface area (Å²) in [5.74, 6) is -0.137. The second-order valence-corrected chi connectivity index (χ2v) is 7.94. The molecule has 0 bridgehead atoms. The van der Waals surface area contributed by atoms with E-state index in [1.165, 1.54) is 0 Å². The molecule has 5 rings (SSSR count). The average Bonchev–Trinajstić information content (AvgIpc) is 3.37. The lowest BCUT2D eigenvalue weighted by Gasteiger charge is -2.37. The molecule has 5 aromatic rings. The number of carbonyl (C=O) groups is 1. The number of aryl methyl sites for hydroxylation is 1. The molecular weight excluding hydrogens is 406 g/mol. The van der Waals surface area contributed by atoms with Crippen LogP contribution in [0.15, 0.2) is 122 Å². The summed E-state index contributed by atoms with van der Waals surface area (Å²) in [7, 11) is 0. The average molecular weight is 430 g/mol. The Labute approximate surface area is 193 Å². The third kappa shape index (κ3) is 3.56. The normalized spacial score (nSPS) is 11.3. The first-order valence-corrected chi connectivity index (χ1v) is 10.9. The smallest absolute Gasteiger partial charge is 0.214 e. The molecule has 0 radical (unpaired) electrons. The van der Waals surface area contributed by atoms with Gasteiger partial charge in [0.1, 0.15) is 11.2 Å². The van der Waals surface area contributed by atoms with Crippen molar-refractivity contribution < 1.29 is 4.79 Å². The Morgan fingerprint density at radius 3 is 1.70 bits per heavy atom. The highest BCUT2D eigenvalue weighted by atomic mass is 16.1. The molecule has 4 nitrogen and oxygen atoms in total. The molecule has 0 saturated heterocycles. The molecular formula is C29H23N3O. The van der Waals surface area contributed by atoms with Crippen LogP contribution in [0.4, 0.5) is 0 Å². The minimum atomic E-state index is -0.695. The molecule has 0 aliphatic carbocycles. The third-order valence-electron chi connectivity index (χ3n) is 6.03. The molecule has 2 aromatic heterocycles. The van der Waals surface area contributed by atoms with E-state index in [-0.39, 0.29) is 5.78 Å². The van der Waals surface area contributed by atoms with Gasteiger partial charge >= 0.3 is 0 Å². The molecule has 0 saturated carbocycles. The van der Waals surface area contributed by atoms with Gasteiger partial charge in [0.15, 0.2) is 0 Å². The Morgan fingerprint density at radius 2 is 1.21 bits per heavy atom. The Balaban J connectivity index is 1.76. The number of ketones is 1. The number of nitrogens with zero attached hydrogens (tertiary/aromatic N) is 3. The van der Waals surface area contributed by atoms with E-state index in [1.807, 2.05) is 72.3 Å². The highest BCUT2D eigenvalue weighted by Gasteiger charge is 2.38. The lowest BCUT2D eigenvalue weighted by molar-refractivity contribution is 0.103. The van der Waals surface area contributed by atoms with Crippen molar-refractivity contribution >= 4 is 5.78 Å². The van der Waals surface area contributed by atoms with Gasteiger partial charge in [0.25, 0.3) is 0 Å². The van der Waals surface area contributed by atoms with E-state index in [0.29, 0.717) is 17.0 Å². The number of hydrogen-bond donors (Lipinski definition) is 0. The predicted molar refractivity (Wildman–Crippen MR) is 129 cm³/mol. The Kier molecular flexibility index (Phi) is 5.41. The van der Waals surface area contributed by atoms with Gasteiger partial charge in [-0.1, -0.05) is 91.0 Å². The van der Waals surface area contributed by atoms with E-state index in [9.17, 15) is 4.79 Å². The molecule has 0 atom stereocenters. The van der Waals surface area contributed by atoms with Gasteiger partial charge in [0.05, 0.1) is 6.33 Å². The zero-order chi connectivity index (χ0) is 22.7. The fourth-order valence-corrected chi connectivity index (χ4v) is 4.47. The molecule has 0 N–H and O–H groups in total. The minimum absolute atomic E-state index is 0.137. The van der Waals surface area contributed by atoms with Crippen molar-refractivity contribution in [2.45, 2.75) is 12.5 Å². The summed E-state index contributed by atoms with van der Waals surface area (Å²) in [5, 5.41) is 0. The zero-order valence-electron chi connectivity index (χ0n) is 18.3. The standard InChI is InChI=1S/C29H23N3O/c1-22-26(18-11-19-30-22)28(33)27-20-32(21-31-27)29(23-12-5-2-6-13-23,24-14-7-3-8-15-24)25-16-9-4-10-17-25/h2-21H,1H3. The number of hydrogen-bond acceptors (Lipinski definition) is 3. The van der Waals surface area contributed by atoms with Crippen molar-refractivity contribution in [3.63, 3.8) is 0 Å². The quantitative estimate of drug-likeness (QED) is 0.259. The fourth-order valence-electron chi connectivity index (χ4n) is 4.47. The van der Waals surface area contributed by atoms with Crippen LogP contribution in [0.5, 0.6) is 0 Å². The van der Waals surface area contributed by atoms with Crippen molar-refractivity contribution in [2.24, 2.45) is 0 Å². The SMILES string of the molecule is Cc1ncccc1C(=O)c1cn(C(c2ccccc2)(c2ccccc2)c2ccccc2)cn1. The lowest BCUT2D eigenvalue weighted by Crippen LogP contribution is -2.37. The highest BCUT2D eigenvalue weighted by molar-refractivity contribution is 6.08. The van der Waals surface area contributed by atoms with E-state index in [0.717, 1.165) is 16.7 Å². The summed E-state index contributed by atoms with van der Waals surface area (Å²) in [6.45, 7) is 1.84. The highest BCUT2D eigenvalue weighted by Crippen LogP contribution is 2.40. The fraction of sp³-hybridized carbons (Fsp3) is 0.0690. The van der Waals surface area contributed by atoms with Crippen molar-refractivity contribution in [3.05, 3.63) is 155 Å². The minimum Gasteiger partial charge on any atom is -0.318 e. The monoisotopic (exact) mass is 429 g/mol. The summed E-state index contributed by atoms with van der Waals surface area (Å²) in [5.41, 5.74) is 4.19. The Hall–Kier alpha value is -4.31. The molecule has 0 aliphatic heterocycles. The van der Waals surface area contributed by atoms with Crippen molar-refractivity contribution in [1.29, 1.82) is 0 Å². The lowest BCUT2D eigenvalue weighted by atomic mass is 9.77. The molecule has 0 spiro atoms. The largest absolute Gasteiger partial charge is 0.318 e. The van der Waals surface area contributed by atoms with Gasteiger partial charge in [-0.3, -0.25) is 9.78 Å². The summed E-state index contributed by atoms with van der Waals surface area (Å²) in [4.78, 5) is 22.1. The first-order chi connectivity index (χ1) is 16.2. The van der Waals surface area contributed by atoms with E-state index < -0.39 is 5.54 Å². The van der Waals surface area contributed by atoms with Crippen LogP contribution in [0.25, 0.3) is 0 Å². The van der Waals surface area contributed by atoms with Crippen molar-refractivity contribution in [2.75, 3.05) is 0 Å². The zero-order valence-corrected chi connectivity index (χ0v) is 18.3. The maximum atomic E-state index is 13.3. The number of imidazole rings is 1. The van der Waals surface area contributed by atoms with Gasteiger partial charge in [-0.15, -0.1) is 0 Å². The van der Waals surface area contributed by atoms with E-state index in [4.69, 9.17) is 0 Å². The third-order valence-corrected chi connectivity index (χ3v) is 6.03. The Morgan fingerprint density at radius 1 is 0.697 bits per heavy atom. The summed E-state index contributed by atoms with van der Waals surface area (Å²) < 4.78 is 2.05. The molecule has 3 aromatic carbocycles. The maximum Gasteiger partial charge on any atom is 0.214 e. The van der Waals surface area contributed by atoms with Gasteiger partial charge in [0.2, 0.25) is 5.78 Å².